The third-order valence-electron chi connectivity index (χ3n) is 5.73. The van der Waals surface area contributed by atoms with E-state index in [4.69, 9.17) is 13.9 Å². The van der Waals surface area contributed by atoms with Crippen molar-refractivity contribution in [2.24, 2.45) is 0 Å². The van der Waals surface area contributed by atoms with E-state index >= 15 is 0 Å². The van der Waals surface area contributed by atoms with Gasteiger partial charge in [0.15, 0.2) is 18.1 Å². The molecule has 3 aromatic rings. The molecule has 4 amide bonds. The number of methoxy groups -OCH3 is 1. The van der Waals surface area contributed by atoms with E-state index in [0.717, 1.165) is 10.5 Å². The number of hydrogen-bond donors (Lipinski definition) is 2. The van der Waals surface area contributed by atoms with Gasteiger partial charge in [-0.1, -0.05) is 18.2 Å². The van der Waals surface area contributed by atoms with Crippen LogP contribution in [0.5, 0.6) is 11.5 Å². The van der Waals surface area contributed by atoms with E-state index in [1.165, 1.54) is 25.3 Å². The highest BCUT2D eigenvalue weighted by molar-refractivity contribution is 14.1. The molecular weight excluding hydrogens is 633 g/mol. The van der Waals surface area contributed by atoms with E-state index < -0.39 is 17.9 Å². The lowest BCUT2D eigenvalue weighted by atomic mass is 10.1. The molecule has 1 aliphatic heterocycles. The molecule has 1 aromatic heterocycles. The number of rotatable bonds is 10. The number of benzene rings is 2. The number of imide groups is 1. The summed E-state index contributed by atoms with van der Waals surface area (Å²) >= 11 is 2.05. The summed E-state index contributed by atoms with van der Waals surface area (Å²) in [5.74, 6) is -0.588. The number of halogens is 1. The number of ether oxygens (including phenoxy) is 3. The Kier molecular flexibility index (Phi) is 9.09. The van der Waals surface area contributed by atoms with E-state index in [2.05, 4.69) is 38.0 Å². The number of amides is 4. The van der Waals surface area contributed by atoms with Gasteiger partial charge in [0.1, 0.15) is 11.5 Å². The maximum Gasteiger partial charge on any atom is 0.373 e. The molecule has 11 nitrogen and oxygen atoms in total. The lowest BCUT2D eigenvalue weighted by Gasteiger charge is -2.15. The number of carbonyl (C=O) groups excluding carboxylic acids is 4. The fraction of sp³-hybridized carbons (Fsp3) is 0.214. The Morgan fingerprint density at radius 1 is 1.12 bits per heavy atom. The molecule has 2 N–H and O–H groups in total. The smallest absolute Gasteiger partial charge is 0.373 e. The Hall–Kier alpha value is -4.33. The minimum absolute atomic E-state index is 0.0340. The monoisotopic (exact) mass is 659 g/mol. The van der Waals surface area contributed by atoms with Crippen molar-refractivity contribution in [3.05, 3.63) is 80.4 Å². The van der Waals surface area contributed by atoms with E-state index in [1.807, 2.05) is 38.1 Å². The van der Waals surface area contributed by atoms with Gasteiger partial charge in [-0.25, -0.2) is 9.59 Å². The first-order chi connectivity index (χ1) is 19.2. The highest BCUT2D eigenvalue weighted by Gasteiger charge is 2.34. The SMILES string of the molecule is CCOc1cc(/C=C2\NC(=O)N(Cc3ccc(C(=O)OC)o3)C2=O)cc(I)c1OCC(=O)Nc1ccccc1C. The molecule has 12 heteroatoms. The number of aryl methyl sites for hydroxylation is 1. The third-order valence-corrected chi connectivity index (χ3v) is 6.54. The summed E-state index contributed by atoms with van der Waals surface area (Å²) in [7, 11) is 1.22. The quantitative estimate of drug-likeness (QED) is 0.141. The van der Waals surface area contributed by atoms with Crippen molar-refractivity contribution in [1.82, 2.24) is 10.2 Å². The molecule has 208 valence electrons. The molecular formula is C28H26IN3O8. The standard InChI is InChI=1S/C28H26IN3O8/c1-4-38-23-13-17(11-19(29)25(23)39-15-24(33)30-20-8-6-5-7-16(20)2)12-21-26(34)32(28(36)31-21)14-18-9-10-22(40-18)27(35)37-3/h5-13H,4,14-15H2,1-3H3,(H,30,33)(H,31,36)/b21-12-. The largest absolute Gasteiger partial charge is 0.490 e. The van der Waals surface area contributed by atoms with Crippen LogP contribution in [0, 0.1) is 10.5 Å². The second-order valence-corrected chi connectivity index (χ2v) is 9.71. The molecule has 0 atom stereocenters. The van der Waals surface area contributed by atoms with E-state index in [1.54, 1.807) is 12.1 Å². The number of nitrogens with zero attached hydrogens (tertiary/aromatic N) is 1. The Morgan fingerprint density at radius 2 is 1.90 bits per heavy atom. The Balaban J connectivity index is 1.48. The number of furan rings is 1. The van der Waals surface area contributed by atoms with Gasteiger partial charge in [0.25, 0.3) is 11.8 Å². The minimum atomic E-state index is -0.664. The number of carbonyl (C=O) groups is 4. The van der Waals surface area contributed by atoms with E-state index in [-0.39, 0.29) is 36.3 Å². The first kappa shape index (κ1) is 28.7. The predicted octanol–water partition coefficient (Wildman–Crippen LogP) is 4.49. The average molecular weight is 659 g/mol. The van der Waals surface area contributed by atoms with Crippen LogP contribution >= 0.6 is 22.6 Å². The summed E-state index contributed by atoms with van der Waals surface area (Å²) in [4.78, 5) is 50.6. The summed E-state index contributed by atoms with van der Waals surface area (Å²) < 4.78 is 22.2. The van der Waals surface area contributed by atoms with Gasteiger partial charge in [0.05, 0.1) is 23.8 Å². The summed E-state index contributed by atoms with van der Waals surface area (Å²) in [6.45, 7) is 3.64. The van der Waals surface area contributed by atoms with Crippen LogP contribution in [-0.2, 0) is 20.9 Å². The normalized spacial score (nSPS) is 13.8. The molecule has 0 radical (unpaired) electrons. The van der Waals surface area contributed by atoms with E-state index in [0.29, 0.717) is 32.9 Å². The lowest BCUT2D eigenvalue weighted by molar-refractivity contribution is -0.123. The molecule has 0 unspecified atom stereocenters. The number of esters is 1. The van der Waals surface area contributed by atoms with Crippen molar-refractivity contribution in [2.45, 2.75) is 20.4 Å². The van der Waals surface area contributed by atoms with Crippen LogP contribution in [0.1, 0.15) is 34.4 Å². The molecule has 0 aliphatic carbocycles. The number of hydrogen-bond acceptors (Lipinski definition) is 8. The lowest BCUT2D eigenvalue weighted by Crippen LogP contribution is -2.30. The summed E-state index contributed by atoms with van der Waals surface area (Å²) in [6, 6.07) is 13.1. The summed E-state index contributed by atoms with van der Waals surface area (Å²) in [6.07, 6.45) is 1.52. The average Bonchev–Trinajstić information content (AvgIpc) is 3.49. The predicted molar refractivity (Wildman–Crippen MR) is 153 cm³/mol. The van der Waals surface area contributed by atoms with Crippen LogP contribution in [-0.4, -0.2) is 49.0 Å². The van der Waals surface area contributed by atoms with Gasteiger partial charge in [-0.15, -0.1) is 0 Å². The van der Waals surface area contributed by atoms with Crippen LogP contribution in [0.25, 0.3) is 6.08 Å². The topological polar surface area (TPSA) is 136 Å². The molecule has 1 fully saturated rings. The molecule has 0 saturated carbocycles. The molecule has 1 saturated heterocycles. The van der Waals surface area contributed by atoms with Crippen molar-refractivity contribution in [1.29, 1.82) is 0 Å². The second kappa shape index (κ2) is 12.7. The number of urea groups is 1. The fourth-order valence-corrected chi connectivity index (χ4v) is 4.60. The Labute approximate surface area is 243 Å². The van der Waals surface area contributed by atoms with Gasteiger partial charge in [-0.05, 0) is 84.0 Å². The zero-order valence-corrected chi connectivity index (χ0v) is 24.1. The second-order valence-electron chi connectivity index (χ2n) is 8.55. The Bertz CT molecular complexity index is 1500. The maximum atomic E-state index is 13.0. The summed E-state index contributed by atoms with van der Waals surface area (Å²) in [5, 5.41) is 5.38. The van der Waals surface area contributed by atoms with Crippen LogP contribution in [0.2, 0.25) is 0 Å². The van der Waals surface area contributed by atoms with Crippen molar-refractivity contribution < 1.29 is 37.8 Å². The molecule has 40 heavy (non-hydrogen) atoms. The van der Waals surface area contributed by atoms with Crippen LogP contribution < -0.4 is 20.1 Å². The van der Waals surface area contributed by atoms with Gasteiger partial charge >= 0.3 is 12.0 Å². The minimum Gasteiger partial charge on any atom is -0.490 e. The highest BCUT2D eigenvalue weighted by atomic mass is 127. The molecule has 2 heterocycles. The van der Waals surface area contributed by atoms with Crippen LogP contribution in [0.15, 0.2) is 58.6 Å². The number of nitrogens with one attached hydrogen (secondary N) is 2. The van der Waals surface area contributed by atoms with Crippen molar-refractivity contribution in [3.63, 3.8) is 0 Å². The van der Waals surface area contributed by atoms with Gasteiger partial charge < -0.3 is 29.3 Å². The molecule has 0 spiro atoms. The van der Waals surface area contributed by atoms with Gasteiger partial charge in [0.2, 0.25) is 5.76 Å². The molecule has 1 aliphatic rings. The van der Waals surface area contributed by atoms with Gasteiger partial charge in [-0.3, -0.25) is 14.5 Å². The van der Waals surface area contributed by atoms with Crippen molar-refractivity contribution in [3.8, 4) is 11.5 Å². The Morgan fingerprint density at radius 3 is 2.62 bits per heavy atom. The number of anilines is 1. The van der Waals surface area contributed by atoms with Crippen LogP contribution in [0.4, 0.5) is 10.5 Å². The molecule has 0 bridgehead atoms. The first-order valence-corrected chi connectivity index (χ1v) is 13.2. The van der Waals surface area contributed by atoms with Crippen molar-refractivity contribution in [2.75, 3.05) is 25.6 Å². The van der Waals surface area contributed by atoms with Gasteiger partial charge in [0, 0.05) is 5.69 Å². The third kappa shape index (κ3) is 6.62. The molecule has 2 aromatic carbocycles. The van der Waals surface area contributed by atoms with Gasteiger partial charge in [-0.2, -0.15) is 0 Å². The number of para-hydroxylation sites is 1. The zero-order chi connectivity index (χ0) is 28.8. The maximum absolute atomic E-state index is 13.0. The van der Waals surface area contributed by atoms with Crippen LogP contribution in [0.3, 0.4) is 0 Å². The molecule has 4 rings (SSSR count). The first-order valence-electron chi connectivity index (χ1n) is 12.2. The summed E-state index contributed by atoms with van der Waals surface area (Å²) in [5.41, 5.74) is 2.25. The fourth-order valence-electron chi connectivity index (χ4n) is 3.82. The highest BCUT2D eigenvalue weighted by Crippen LogP contribution is 2.35. The van der Waals surface area contributed by atoms with Crippen molar-refractivity contribution >= 4 is 58.2 Å². The zero-order valence-electron chi connectivity index (χ0n) is 21.9. The van der Waals surface area contributed by atoms with E-state index in [9.17, 15) is 19.2 Å².